The first-order valence-electron chi connectivity index (χ1n) is 8.62. The highest BCUT2D eigenvalue weighted by molar-refractivity contribution is 6.31. The molecule has 1 amide bonds. The SMILES string of the molecule is Cc1cc(OCC(=O)OCC(=O)N(C)Cc2ccco2)c(C(C)C)cc1Cl. The molecule has 2 aromatic rings. The van der Waals surface area contributed by atoms with Crippen LogP contribution >= 0.6 is 11.6 Å². The Morgan fingerprint density at radius 1 is 1.26 bits per heavy atom. The van der Waals surface area contributed by atoms with E-state index in [1.165, 1.54) is 11.2 Å². The fourth-order valence-electron chi connectivity index (χ4n) is 2.40. The van der Waals surface area contributed by atoms with Crippen molar-refractivity contribution in [2.24, 2.45) is 0 Å². The van der Waals surface area contributed by atoms with Crippen LogP contribution in [0.5, 0.6) is 5.75 Å². The Hall–Kier alpha value is -2.47. The molecule has 0 bridgehead atoms. The summed E-state index contributed by atoms with van der Waals surface area (Å²) in [6.07, 6.45) is 1.54. The molecule has 1 heterocycles. The molecule has 0 N–H and O–H groups in total. The van der Waals surface area contributed by atoms with Gasteiger partial charge in [-0.15, -0.1) is 0 Å². The molecular weight excluding hydrogens is 370 g/mol. The summed E-state index contributed by atoms with van der Waals surface area (Å²) >= 11 is 6.16. The van der Waals surface area contributed by atoms with E-state index >= 15 is 0 Å². The van der Waals surface area contributed by atoms with Crippen LogP contribution in [0.2, 0.25) is 5.02 Å². The van der Waals surface area contributed by atoms with E-state index in [9.17, 15) is 9.59 Å². The molecule has 0 spiro atoms. The van der Waals surface area contributed by atoms with E-state index in [4.69, 9.17) is 25.5 Å². The van der Waals surface area contributed by atoms with Crippen molar-refractivity contribution in [1.29, 1.82) is 0 Å². The highest BCUT2D eigenvalue weighted by atomic mass is 35.5. The lowest BCUT2D eigenvalue weighted by molar-refractivity contribution is -0.153. The maximum absolute atomic E-state index is 12.0. The van der Waals surface area contributed by atoms with Crippen LogP contribution in [0.3, 0.4) is 0 Å². The molecule has 1 aromatic heterocycles. The number of hydrogen-bond acceptors (Lipinski definition) is 5. The van der Waals surface area contributed by atoms with Gasteiger partial charge in [0.2, 0.25) is 0 Å². The van der Waals surface area contributed by atoms with Crippen molar-refractivity contribution >= 4 is 23.5 Å². The molecule has 0 aliphatic carbocycles. The topological polar surface area (TPSA) is 69.0 Å². The highest BCUT2D eigenvalue weighted by Gasteiger charge is 2.16. The predicted molar refractivity (Wildman–Crippen MR) is 102 cm³/mol. The van der Waals surface area contributed by atoms with Crippen LogP contribution in [-0.2, 0) is 20.9 Å². The zero-order valence-electron chi connectivity index (χ0n) is 16.0. The zero-order valence-corrected chi connectivity index (χ0v) is 16.7. The molecule has 2 rings (SSSR count). The average molecular weight is 394 g/mol. The summed E-state index contributed by atoms with van der Waals surface area (Å²) < 4.78 is 15.8. The molecule has 7 heteroatoms. The van der Waals surface area contributed by atoms with Crippen LogP contribution in [0.15, 0.2) is 34.9 Å². The molecule has 0 saturated carbocycles. The third-order valence-electron chi connectivity index (χ3n) is 4.01. The van der Waals surface area contributed by atoms with Gasteiger partial charge in [0.05, 0.1) is 12.8 Å². The molecule has 146 valence electrons. The minimum absolute atomic E-state index is 0.186. The number of halogens is 1. The van der Waals surface area contributed by atoms with Crippen LogP contribution in [0, 0.1) is 6.92 Å². The van der Waals surface area contributed by atoms with Crippen LogP contribution < -0.4 is 4.74 Å². The summed E-state index contributed by atoms with van der Waals surface area (Å²) in [6, 6.07) is 7.15. The number of carbonyl (C=O) groups is 2. The summed E-state index contributed by atoms with van der Waals surface area (Å²) in [7, 11) is 1.61. The van der Waals surface area contributed by atoms with Gasteiger partial charge < -0.3 is 18.8 Å². The van der Waals surface area contributed by atoms with Crippen molar-refractivity contribution in [2.45, 2.75) is 33.2 Å². The Kier molecular flexibility index (Phi) is 7.30. The number of esters is 1. The van der Waals surface area contributed by atoms with Gasteiger partial charge in [-0.05, 0) is 48.2 Å². The number of aryl methyl sites for hydroxylation is 1. The Labute approximate surface area is 164 Å². The first-order chi connectivity index (χ1) is 12.8. The van der Waals surface area contributed by atoms with Gasteiger partial charge in [0.15, 0.2) is 13.2 Å². The maximum Gasteiger partial charge on any atom is 0.344 e. The highest BCUT2D eigenvalue weighted by Crippen LogP contribution is 2.31. The number of amides is 1. The van der Waals surface area contributed by atoms with E-state index in [2.05, 4.69) is 0 Å². The quantitative estimate of drug-likeness (QED) is 0.635. The average Bonchev–Trinajstić information content (AvgIpc) is 3.12. The van der Waals surface area contributed by atoms with Gasteiger partial charge in [-0.25, -0.2) is 4.79 Å². The molecule has 27 heavy (non-hydrogen) atoms. The Balaban J connectivity index is 1.84. The number of carbonyl (C=O) groups excluding carboxylic acids is 2. The monoisotopic (exact) mass is 393 g/mol. The van der Waals surface area contributed by atoms with Gasteiger partial charge in [-0.1, -0.05) is 25.4 Å². The number of benzene rings is 1. The normalized spacial score (nSPS) is 10.7. The van der Waals surface area contributed by atoms with Crippen molar-refractivity contribution in [3.8, 4) is 5.75 Å². The first-order valence-corrected chi connectivity index (χ1v) is 9.00. The van der Waals surface area contributed by atoms with E-state index in [-0.39, 0.29) is 25.0 Å². The number of hydrogen-bond donors (Lipinski definition) is 0. The number of likely N-dealkylation sites (N-methyl/N-ethyl adjacent to an activating group) is 1. The van der Waals surface area contributed by atoms with Crippen molar-refractivity contribution in [3.05, 3.63) is 52.4 Å². The summed E-state index contributed by atoms with van der Waals surface area (Å²) in [5.41, 5.74) is 1.77. The second kappa shape index (κ2) is 9.46. The Morgan fingerprint density at radius 2 is 2.00 bits per heavy atom. The Morgan fingerprint density at radius 3 is 2.63 bits per heavy atom. The van der Waals surface area contributed by atoms with E-state index in [0.29, 0.717) is 23.1 Å². The second-order valence-corrected chi connectivity index (χ2v) is 6.98. The number of furan rings is 1. The molecular formula is C20H24ClNO5. The van der Waals surface area contributed by atoms with Gasteiger partial charge in [-0.2, -0.15) is 0 Å². The number of nitrogens with zero attached hydrogens (tertiary/aromatic N) is 1. The Bertz CT molecular complexity index is 786. The van der Waals surface area contributed by atoms with Crippen molar-refractivity contribution in [2.75, 3.05) is 20.3 Å². The minimum atomic E-state index is -0.614. The molecule has 0 fully saturated rings. The standard InChI is InChI=1S/C20H24ClNO5/c1-13(2)16-9-17(21)14(3)8-18(16)26-12-20(24)27-11-19(23)22(4)10-15-6-5-7-25-15/h5-9,13H,10-12H2,1-4H3. The third-order valence-corrected chi connectivity index (χ3v) is 4.42. The second-order valence-electron chi connectivity index (χ2n) is 6.57. The zero-order chi connectivity index (χ0) is 20.0. The van der Waals surface area contributed by atoms with E-state index in [0.717, 1.165) is 11.1 Å². The number of rotatable bonds is 8. The fraction of sp³-hybridized carbons (Fsp3) is 0.400. The van der Waals surface area contributed by atoms with E-state index in [1.54, 1.807) is 25.2 Å². The molecule has 0 radical (unpaired) electrons. The third kappa shape index (κ3) is 6.03. The molecule has 0 aliphatic rings. The molecule has 6 nitrogen and oxygen atoms in total. The largest absolute Gasteiger partial charge is 0.482 e. The van der Waals surface area contributed by atoms with E-state index in [1.807, 2.05) is 26.8 Å². The lowest BCUT2D eigenvalue weighted by atomic mass is 10.0. The summed E-state index contributed by atoms with van der Waals surface area (Å²) in [6.45, 7) is 5.57. The van der Waals surface area contributed by atoms with Crippen molar-refractivity contribution in [3.63, 3.8) is 0 Å². The van der Waals surface area contributed by atoms with Crippen LogP contribution in [-0.4, -0.2) is 37.0 Å². The first kappa shape index (κ1) is 20.8. The maximum atomic E-state index is 12.0. The van der Waals surface area contributed by atoms with Crippen molar-refractivity contribution < 1.29 is 23.5 Å². The van der Waals surface area contributed by atoms with Gasteiger partial charge in [0.1, 0.15) is 11.5 Å². The van der Waals surface area contributed by atoms with Gasteiger partial charge in [-0.3, -0.25) is 4.79 Å². The smallest absolute Gasteiger partial charge is 0.344 e. The summed E-state index contributed by atoms with van der Waals surface area (Å²) in [5.74, 6) is 0.484. The van der Waals surface area contributed by atoms with Crippen molar-refractivity contribution in [1.82, 2.24) is 4.90 Å². The lowest BCUT2D eigenvalue weighted by Crippen LogP contribution is -2.31. The van der Waals surface area contributed by atoms with Crippen LogP contribution in [0.1, 0.15) is 36.7 Å². The molecule has 0 aliphatic heterocycles. The minimum Gasteiger partial charge on any atom is -0.482 e. The van der Waals surface area contributed by atoms with Crippen LogP contribution in [0.4, 0.5) is 0 Å². The van der Waals surface area contributed by atoms with Gasteiger partial charge >= 0.3 is 5.97 Å². The molecule has 1 aromatic carbocycles. The number of ether oxygens (including phenoxy) is 2. The molecule has 0 atom stereocenters. The predicted octanol–water partition coefficient (Wildman–Crippen LogP) is 3.95. The van der Waals surface area contributed by atoms with Gasteiger partial charge in [0, 0.05) is 12.1 Å². The fourth-order valence-corrected chi connectivity index (χ4v) is 2.57. The lowest BCUT2D eigenvalue weighted by Gasteiger charge is -2.17. The summed E-state index contributed by atoms with van der Waals surface area (Å²) in [4.78, 5) is 25.4. The molecule has 0 unspecified atom stereocenters. The van der Waals surface area contributed by atoms with Crippen LogP contribution in [0.25, 0.3) is 0 Å². The van der Waals surface area contributed by atoms with Gasteiger partial charge in [0.25, 0.3) is 5.91 Å². The summed E-state index contributed by atoms with van der Waals surface area (Å²) in [5, 5.41) is 0.652. The van der Waals surface area contributed by atoms with E-state index < -0.39 is 5.97 Å². The molecule has 0 saturated heterocycles.